The maximum Gasteiger partial charge on any atom is 0.435 e. The lowest BCUT2D eigenvalue weighted by Crippen LogP contribution is -2.35. The van der Waals surface area contributed by atoms with E-state index in [2.05, 4.69) is 5.10 Å². The van der Waals surface area contributed by atoms with Crippen LogP contribution in [0.25, 0.3) is 0 Å². The first-order valence-electron chi connectivity index (χ1n) is 6.00. The first kappa shape index (κ1) is 12.9. The summed E-state index contributed by atoms with van der Waals surface area (Å²) in [7, 11) is 1.84. The molecule has 1 atom stereocenters. The predicted molar refractivity (Wildman–Crippen MR) is 64.6 cm³/mol. The number of hydrogen-bond acceptors (Lipinski definition) is 4. The molecule has 0 aliphatic carbocycles. The number of carbonyl (C=O) groups excluding carboxylic acids is 1. The van der Waals surface area contributed by atoms with E-state index in [-0.39, 0.29) is 6.04 Å². The summed E-state index contributed by atoms with van der Waals surface area (Å²) in [6.07, 6.45) is 3.94. The topological polar surface area (TPSA) is 56.6 Å². The summed E-state index contributed by atoms with van der Waals surface area (Å²) in [6, 6.07) is -0.117. The van der Waals surface area contributed by atoms with E-state index in [0.29, 0.717) is 6.61 Å². The second-order valence-corrected chi connectivity index (χ2v) is 5.39. The molecule has 1 unspecified atom stereocenters. The van der Waals surface area contributed by atoms with Gasteiger partial charge in [-0.2, -0.15) is 10.2 Å². The van der Waals surface area contributed by atoms with Gasteiger partial charge in [0, 0.05) is 25.2 Å². The highest BCUT2D eigenvalue weighted by Gasteiger charge is 2.35. The zero-order chi connectivity index (χ0) is 13.3. The van der Waals surface area contributed by atoms with Crippen molar-refractivity contribution >= 4 is 6.09 Å². The second-order valence-electron chi connectivity index (χ2n) is 5.39. The number of carbonyl (C=O) groups is 1. The average Bonchev–Trinajstić information content (AvgIpc) is 2.81. The predicted octanol–water partition coefficient (Wildman–Crippen LogP) is 2.03. The van der Waals surface area contributed by atoms with Gasteiger partial charge in [-0.3, -0.25) is 9.52 Å². The highest BCUT2D eigenvalue weighted by atomic mass is 16.7. The quantitative estimate of drug-likeness (QED) is 0.768. The lowest BCUT2D eigenvalue weighted by atomic mass is 10.1. The van der Waals surface area contributed by atoms with Crippen LogP contribution in [-0.2, 0) is 16.6 Å². The zero-order valence-electron chi connectivity index (χ0n) is 11.2. The van der Waals surface area contributed by atoms with E-state index in [1.54, 1.807) is 10.9 Å². The molecule has 0 N–H and O–H groups in total. The van der Waals surface area contributed by atoms with Gasteiger partial charge >= 0.3 is 6.09 Å². The molecule has 0 bridgehead atoms. The smallest absolute Gasteiger partial charge is 0.435 e. The Morgan fingerprint density at radius 1 is 1.56 bits per heavy atom. The average molecular weight is 253 g/mol. The Morgan fingerprint density at radius 2 is 2.28 bits per heavy atom. The van der Waals surface area contributed by atoms with Crippen LogP contribution in [0.1, 0.15) is 38.8 Å². The number of hydrogen-bond donors (Lipinski definition) is 0. The van der Waals surface area contributed by atoms with Crippen molar-refractivity contribution in [1.29, 1.82) is 0 Å². The van der Waals surface area contributed by atoms with Crippen LogP contribution in [0.3, 0.4) is 0 Å². The van der Waals surface area contributed by atoms with Gasteiger partial charge in [-0.1, -0.05) is 0 Å². The number of aryl methyl sites for hydroxylation is 1. The third kappa shape index (κ3) is 2.81. The summed E-state index contributed by atoms with van der Waals surface area (Å²) in [5.74, 6) is 0. The fourth-order valence-corrected chi connectivity index (χ4v) is 1.87. The lowest BCUT2D eigenvalue weighted by Gasteiger charge is -2.26. The maximum atomic E-state index is 12.0. The van der Waals surface area contributed by atoms with Crippen LogP contribution < -0.4 is 0 Å². The fourth-order valence-electron chi connectivity index (χ4n) is 1.87. The summed E-state index contributed by atoms with van der Waals surface area (Å²) >= 11 is 0. The second kappa shape index (κ2) is 4.61. The molecule has 100 valence electrons. The van der Waals surface area contributed by atoms with Crippen molar-refractivity contribution in [2.24, 2.45) is 7.05 Å². The minimum Gasteiger partial charge on any atom is -0.442 e. The Hall–Kier alpha value is -1.56. The van der Waals surface area contributed by atoms with E-state index >= 15 is 0 Å². The van der Waals surface area contributed by atoms with Gasteiger partial charge in [0.2, 0.25) is 0 Å². The monoisotopic (exact) mass is 253 g/mol. The van der Waals surface area contributed by atoms with Gasteiger partial charge in [-0.15, -0.1) is 0 Å². The summed E-state index contributed by atoms with van der Waals surface area (Å²) < 4.78 is 7.02. The van der Waals surface area contributed by atoms with Crippen molar-refractivity contribution in [3.63, 3.8) is 0 Å². The summed E-state index contributed by atoms with van der Waals surface area (Å²) in [5.41, 5.74) is 0.434. The van der Waals surface area contributed by atoms with E-state index in [1.165, 1.54) is 5.06 Å². The standard InChI is InChI=1S/C12H19N3O3/c1-12(2,3)18-11(16)15-10(5-6-17-15)9-7-13-14(4)8-9/h7-8,10H,5-6H2,1-4H3. The Morgan fingerprint density at radius 3 is 2.83 bits per heavy atom. The lowest BCUT2D eigenvalue weighted by molar-refractivity contribution is -0.125. The van der Waals surface area contributed by atoms with Crippen LogP contribution in [0.15, 0.2) is 12.4 Å². The van der Waals surface area contributed by atoms with Crippen LogP contribution in [0.2, 0.25) is 0 Å². The van der Waals surface area contributed by atoms with Crippen molar-refractivity contribution in [3.8, 4) is 0 Å². The van der Waals surface area contributed by atoms with Gasteiger partial charge in [0.15, 0.2) is 0 Å². The summed E-state index contributed by atoms with van der Waals surface area (Å²) in [6.45, 7) is 6.01. The highest BCUT2D eigenvalue weighted by molar-refractivity contribution is 5.67. The number of amides is 1. The molecule has 1 aliphatic heterocycles. The third-order valence-corrected chi connectivity index (χ3v) is 2.59. The zero-order valence-corrected chi connectivity index (χ0v) is 11.2. The molecule has 6 nitrogen and oxygen atoms in total. The molecule has 2 rings (SSSR count). The molecule has 6 heteroatoms. The van der Waals surface area contributed by atoms with Crippen LogP contribution >= 0.6 is 0 Å². The van der Waals surface area contributed by atoms with Crippen molar-refractivity contribution in [1.82, 2.24) is 14.8 Å². The van der Waals surface area contributed by atoms with E-state index in [1.807, 2.05) is 34.0 Å². The molecular weight excluding hydrogens is 234 g/mol. The highest BCUT2D eigenvalue weighted by Crippen LogP contribution is 2.31. The molecule has 1 aromatic rings. The Kier molecular flexibility index (Phi) is 3.30. The molecule has 0 saturated carbocycles. The molecule has 18 heavy (non-hydrogen) atoms. The van der Waals surface area contributed by atoms with Crippen molar-refractivity contribution in [2.75, 3.05) is 6.61 Å². The van der Waals surface area contributed by atoms with Gasteiger partial charge in [-0.05, 0) is 20.8 Å². The molecule has 1 amide bonds. The van der Waals surface area contributed by atoms with Gasteiger partial charge < -0.3 is 4.74 Å². The van der Waals surface area contributed by atoms with E-state index < -0.39 is 11.7 Å². The number of ether oxygens (including phenoxy) is 1. The molecule has 2 heterocycles. The number of nitrogens with zero attached hydrogens (tertiary/aromatic N) is 3. The minimum absolute atomic E-state index is 0.117. The number of rotatable bonds is 1. The Bertz CT molecular complexity index is 436. The first-order valence-corrected chi connectivity index (χ1v) is 6.00. The SMILES string of the molecule is Cn1cc(C2CCON2C(=O)OC(C)(C)C)cn1. The molecule has 1 saturated heterocycles. The van der Waals surface area contributed by atoms with E-state index in [9.17, 15) is 4.79 Å². The molecule has 1 fully saturated rings. The van der Waals surface area contributed by atoms with Crippen LogP contribution in [0.5, 0.6) is 0 Å². The van der Waals surface area contributed by atoms with Crippen molar-refractivity contribution in [3.05, 3.63) is 18.0 Å². The van der Waals surface area contributed by atoms with Gasteiger partial charge in [0.25, 0.3) is 0 Å². The van der Waals surface area contributed by atoms with E-state index in [4.69, 9.17) is 9.57 Å². The third-order valence-electron chi connectivity index (χ3n) is 2.59. The molecule has 1 aromatic heterocycles. The Labute approximate surface area is 106 Å². The summed E-state index contributed by atoms with van der Waals surface area (Å²) in [5, 5.41) is 5.42. The van der Waals surface area contributed by atoms with Crippen molar-refractivity contribution < 1.29 is 14.4 Å². The normalized spacial score (nSPS) is 20.2. The molecule has 0 aromatic carbocycles. The minimum atomic E-state index is -0.525. The van der Waals surface area contributed by atoms with Crippen LogP contribution in [0.4, 0.5) is 4.79 Å². The van der Waals surface area contributed by atoms with Crippen molar-refractivity contribution in [2.45, 2.75) is 38.8 Å². The fraction of sp³-hybridized carbons (Fsp3) is 0.667. The van der Waals surface area contributed by atoms with E-state index in [0.717, 1.165) is 12.0 Å². The first-order chi connectivity index (χ1) is 8.37. The van der Waals surface area contributed by atoms with Gasteiger partial charge in [0.05, 0.1) is 18.8 Å². The molecule has 1 aliphatic rings. The van der Waals surface area contributed by atoms with Crippen LogP contribution in [0, 0.1) is 0 Å². The Balaban J connectivity index is 2.10. The number of aromatic nitrogens is 2. The molecule has 0 radical (unpaired) electrons. The maximum absolute atomic E-state index is 12.0. The van der Waals surface area contributed by atoms with Gasteiger partial charge in [-0.25, -0.2) is 4.79 Å². The number of hydroxylamine groups is 2. The largest absolute Gasteiger partial charge is 0.442 e. The van der Waals surface area contributed by atoms with Crippen LogP contribution in [-0.4, -0.2) is 33.1 Å². The molecule has 0 spiro atoms. The van der Waals surface area contributed by atoms with Gasteiger partial charge in [0.1, 0.15) is 5.60 Å². The molecular formula is C12H19N3O3. The summed E-state index contributed by atoms with van der Waals surface area (Å²) in [4.78, 5) is 17.4.